The molecule has 0 unspecified atom stereocenters. The SMILES string of the molecule is C/N=C(\C=C(C)C)COCC(=O)NC1(C)CC(C)(c2nc(COc3ccc(C)cc3)no2)C1. The smallest absolute Gasteiger partial charge is 0.246 e. The molecule has 0 saturated heterocycles. The lowest BCUT2D eigenvalue weighted by atomic mass is 9.59. The molecule has 1 fully saturated rings. The molecular formula is C25H34N4O4. The highest BCUT2D eigenvalue weighted by Crippen LogP contribution is 2.49. The number of aryl methyl sites for hydroxylation is 1. The van der Waals surface area contributed by atoms with Gasteiger partial charge < -0.3 is 19.3 Å². The molecular weight excluding hydrogens is 420 g/mol. The Morgan fingerprint density at radius 1 is 1.21 bits per heavy atom. The van der Waals surface area contributed by atoms with Crippen LogP contribution in [0.3, 0.4) is 0 Å². The van der Waals surface area contributed by atoms with Crippen LogP contribution in [0.25, 0.3) is 0 Å². The number of nitrogens with zero attached hydrogens (tertiary/aromatic N) is 3. The zero-order valence-corrected chi connectivity index (χ0v) is 20.4. The minimum absolute atomic E-state index is 0.0109. The van der Waals surface area contributed by atoms with Gasteiger partial charge in [-0.15, -0.1) is 0 Å². The van der Waals surface area contributed by atoms with Crippen molar-refractivity contribution in [1.29, 1.82) is 0 Å². The fraction of sp³-hybridized carbons (Fsp3) is 0.520. The topological polar surface area (TPSA) is 98.8 Å². The van der Waals surface area contributed by atoms with E-state index in [0.29, 0.717) is 31.2 Å². The molecule has 1 N–H and O–H groups in total. The highest BCUT2D eigenvalue weighted by molar-refractivity contribution is 5.96. The van der Waals surface area contributed by atoms with Crippen LogP contribution in [0, 0.1) is 6.92 Å². The Morgan fingerprint density at radius 3 is 2.55 bits per heavy atom. The molecule has 1 saturated carbocycles. The molecule has 1 amide bonds. The van der Waals surface area contributed by atoms with E-state index in [1.165, 1.54) is 5.56 Å². The summed E-state index contributed by atoms with van der Waals surface area (Å²) in [4.78, 5) is 21.1. The summed E-state index contributed by atoms with van der Waals surface area (Å²) in [6.07, 6.45) is 3.35. The van der Waals surface area contributed by atoms with E-state index in [-0.39, 0.29) is 30.1 Å². The van der Waals surface area contributed by atoms with Crippen LogP contribution in [0.5, 0.6) is 5.75 Å². The Kier molecular flexibility index (Phi) is 7.68. The molecule has 0 radical (unpaired) electrons. The maximum Gasteiger partial charge on any atom is 0.246 e. The summed E-state index contributed by atoms with van der Waals surface area (Å²) in [6.45, 7) is 10.6. The van der Waals surface area contributed by atoms with Crippen LogP contribution in [0.15, 0.2) is 45.4 Å². The normalized spacial score (nSPS) is 22.4. The van der Waals surface area contributed by atoms with Crippen LogP contribution >= 0.6 is 0 Å². The summed E-state index contributed by atoms with van der Waals surface area (Å²) in [5.41, 5.74) is 2.49. The van der Waals surface area contributed by atoms with Crippen LogP contribution in [0.1, 0.15) is 57.8 Å². The number of carbonyl (C=O) groups excluding carboxylic acids is 1. The monoisotopic (exact) mass is 454 g/mol. The average molecular weight is 455 g/mol. The van der Waals surface area contributed by atoms with Gasteiger partial charge in [0, 0.05) is 12.6 Å². The van der Waals surface area contributed by atoms with Crippen molar-refractivity contribution < 1.29 is 18.8 Å². The third-order valence-corrected chi connectivity index (χ3v) is 5.60. The maximum atomic E-state index is 12.4. The van der Waals surface area contributed by atoms with Crippen molar-refractivity contribution in [3.05, 3.63) is 53.2 Å². The number of rotatable bonds is 10. The standard InChI is InChI=1S/C25H34N4O4/c1-17(2)11-19(26-6)12-31-14-22(30)28-25(5)15-24(4,16-25)23-27-21(29-33-23)13-32-20-9-7-18(3)8-10-20/h7-11H,12-16H2,1-6H3,(H,28,30)/b26-19+. The number of hydrogen-bond donors (Lipinski definition) is 1. The molecule has 0 bridgehead atoms. The van der Waals surface area contributed by atoms with Gasteiger partial charge in [0.1, 0.15) is 12.4 Å². The van der Waals surface area contributed by atoms with E-state index in [1.54, 1.807) is 7.05 Å². The maximum absolute atomic E-state index is 12.4. The number of amides is 1. The van der Waals surface area contributed by atoms with Crippen molar-refractivity contribution in [3.63, 3.8) is 0 Å². The van der Waals surface area contributed by atoms with Gasteiger partial charge in [-0.25, -0.2) is 0 Å². The Hall–Kier alpha value is -3.00. The minimum Gasteiger partial charge on any atom is -0.485 e. The summed E-state index contributed by atoms with van der Waals surface area (Å²) in [6, 6.07) is 7.82. The molecule has 1 aliphatic rings. The first-order chi connectivity index (χ1) is 15.6. The van der Waals surface area contributed by atoms with Crippen molar-refractivity contribution in [2.45, 2.75) is 65.0 Å². The third kappa shape index (κ3) is 6.74. The molecule has 8 nitrogen and oxygen atoms in total. The van der Waals surface area contributed by atoms with Crippen molar-refractivity contribution in [2.75, 3.05) is 20.3 Å². The molecule has 0 atom stereocenters. The van der Waals surface area contributed by atoms with Crippen LogP contribution < -0.4 is 10.1 Å². The fourth-order valence-corrected chi connectivity index (χ4v) is 4.38. The lowest BCUT2D eigenvalue weighted by Gasteiger charge is -2.51. The molecule has 0 aliphatic heterocycles. The molecule has 0 spiro atoms. The lowest BCUT2D eigenvalue weighted by Crippen LogP contribution is -2.61. The highest BCUT2D eigenvalue weighted by Gasteiger charge is 2.53. The van der Waals surface area contributed by atoms with Gasteiger partial charge in [-0.2, -0.15) is 4.98 Å². The molecule has 33 heavy (non-hydrogen) atoms. The number of aliphatic imine (C=N–C) groups is 1. The Balaban J connectivity index is 1.46. The van der Waals surface area contributed by atoms with Crippen molar-refractivity contribution in [3.8, 4) is 5.75 Å². The van der Waals surface area contributed by atoms with E-state index in [4.69, 9.17) is 14.0 Å². The van der Waals surface area contributed by atoms with Gasteiger partial charge in [-0.3, -0.25) is 9.79 Å². The second kappa shape index (κ2) is 10.3. The predicted molar refractivity (Wildman–Crippen MR) is 127 cm³/mol. The molecule has 2 aromatic rings. The van der Waals surface area contributed by atoms with E-state index in [0.717, 1.165) is 17.0 Å². The van der Waals surface area contributed by atoms with E-state index in [1.807, 2.05) is 58.0 Å². The molecule has 178 valence electrons. The van der Waals surface area contributed by atoms with Gasteiger partial charge in [-0.1, -0.05) is 35.3 Å². The Bertz CT molecular complexity index is 1010. The summed E-state index contributed by atoms with van der Waals surface area (Å²) in [7, 11) is 1.71. The first-order valence-electron chi connectivity index (χ1n) is 11.1. The Labute approximate surface area is 195 Å². The van der Waals surface area contributed by atoms with E-state index in [2.05, 4.69) is 27.4 Å². The number of nitrogens with one attached hydrogen (secondary N) is 1. The number of aromatic nitrogens is 2. The third-order valence-electron chi connectivity index (χ3n) is 5.60. The van der Waals surface area contributed by atoms with Gasteiger partial charge in [-0.05, 0) is 58.7 Å². The minimum atomic E-state index is -0.343. The van der Waals surface area contributed by atoms with Crippen LogP contribution in [-0.4, -0.2) is 47.6 Å². The van der Waals surface area contributed by atoms with Crippen molar-refractivity contribution >= 4 is 11.6 Å². The average Bonchev–Trinajstić information content (AvgIpc) is 3.21. The molecule has 1 aliphatic carbocycles. The summed E-state index contributed by atoms with van der Waals surface area (Å²) in [5.74, 6) is 1.68. The van der Waals surface area contributed by atoms with Gasteiger partial charge in [0.25, 0.3) is 0 Å². The zero-order valence-electron chi connectivity index (χ0n) is 20.4. The molecule has 1 aromatic heterocycles. The second-order valence-corrected chi connectivity index (χ2v) is 9.57. The molecule has 1 aromatic carbocycles. The number of hydrogen-bond acceptors (Lipinski definition) is 7. The first kappa shape index (κ1) is 24.6. The van der Waals surface area contributed by atoms with E-state index >= 15 is 0 Å². The van der Waals surface area contributed by atoms with Gasteiger partial charge in [0.15, 0.2) is 6.61 Å². The number of benzene rings is 1. The summed E-state index contributed by atoms with van der Waals surface area (Å²) >= 11 is 0. The van der Waals surface area contributed by atoms with Crippen LogP contribution in [-0.2, 0) is 21.6 Å². The first-order valence-corrected chi connectivity index (χ1v) is 11.1. The van der Waals surface area contributed by atoms with Gasteiger partial charge >= 0.3 is 0 Å². The van der Waals surface area contributed by atoms with Crippen molar-refractivity contribution in [1.82, 2.24) is 15.5 Å². The quantitative estimate of drug-likeness (QED) is 0.546. The molecule has 1 heterocycles. The largest absolute Gasteiger partial charge is 0.485 e. The number of ether oxygens (including phenoxy) is 2. The van der Waals surface area contributed by atoms with Crippen LogP contribution in [0.2, 0.25) is 0 Å². The van der Waals surface area contributed by atoms with Gasteiger partial charge in [0.2, 0.25) is 17.6 Å². The number of carbonyl (C=O) groups is 1. The Morgan fingerprint density at radius 2 is 1.91 bits per heavy atom. The lowest BCUT2D eigenvalue weighted by molar-refractivity contribution is -0.129. The second-order valence-electron chi connectivity index (χ2n) is 9.57. The van der Waals surface area contributed by atoms with Crippen LogP contribution in [0.4, 0.5) is 0 Å². The summed E-state index contributed by atoms with van der Waals surface area (Å²) in [5, 5.41) is 7.13. The number of allylic oxidation sites excluding steroid dienone is 1. The summed E-state index contributed by atoms with van der Waals surface area (Å²) < 4.78 is 16.8. The zero-order chi connectivity index (χ0) is 24.1. The fourth-order valence-electron chi connectivity index (χ4n) is 4.38. The predicted octanol–water partition coefficient (Wildman–Crippen LogP) is 3.94. The van der Waals surface area contributed by atoms with Gasteiger partial charge in [0.05, 0.1) is 17.7 Å². The molecule has 3 rings (SSSR count). The van der Waals surface area contributed by atoms with Crippen molar-refractivity contribution in [2.24, 2.45) is 4.99 Å². The highest BCUT2D eigenvalue weighted by atomic mass is 16.5. The van der Waals surface area contributed by atoms with E-state index < -0.39 is 0 Å². The van der Waals surface area contributed by atoms with E-state index in [9.17, 15) is 4.79 Å². The molecule has 8 heteroatoms.